The molecular formula is C25H22N2O5. The van der Waals surface area contributed by atoms with E-state index in [-0.39, 0.29) is 12.3 Å². The molecule has 0 aliphatic heterocycles. The molecule has 0 amide bonds. The summed E-state index contributed by atoms with van der Waals surface area (Å²) in [5, 5.41) is 3.77. The van der Waals surface area contributed by atoms with Crippen molar-refractivity contribution in [2.45, 2.75) is 20.1 Å². The number of nitrogens with zero attached hydrogens (tertiary/aromatic N) is 2. The molecule has 2 aromatic carbocycles. The lowest BCUT2D eigenvalue weighted by molar-refractivity contribution is 0.0514. The van der Waals surface area contributed by atoms with Gasteiger partial charge in [0.2, 0.25) is 0 Å². The van der Waals surface area contributed by atoms with Gasteiger partial charge in [0.1, 0.15) is 18.9 Å². The van der Waals surface area contributed by atoms with Crippen LogP contribution in [0.15, 0.2) is 83.5 Å². The van der Waals surface area contributed by atoms with Crippen molar-refractivity contribution in [3.05, 3.63) is 95.8 Å². The van der Waals surface area contributed by atoms with E-state index in [0.29, 0.717) is 36.2 Å². The Bertz CT molecular complexity index is 1160. The predicted molar refractivity (Wildman–Crippen MR) is 117 cm³/mol. The minimum atomic E-state index is -0.550. The second-order valence-corrected chi connectivity index (χ2v) is 6.86. The highest BCUT2D eigenvalue weighted by Gasteiger charge is 2.17. The molecule has 4 rings (SSSR count). The number of rotatable bonds is 9. The van der Waals surface area contributed by atoms with Crippen LogP contribution in [-0.4, -0.2) is 22.7 Å². The highest BCUT2D eigenvalue weighted by molar-refractivity contribution is 5.88. The Hall–Kier alpha value is -4.13. The van der Waals surface area contributed by atoms with Crippen LogP contribution in [-0.2, 0) is 18.0 Å². The molecule has 0 saturated heterocycles. The normalized spacial score (nSPS) is 10.5. The number of aromatic nitrogens is 2. The zero-order valence-electron chi connectivity index (χ0n) is 17.6. The van der Waals surface area contributed by atoms with Crippen molar-refractivity contribution in [3.63, 3.8) is 0 Å². The van der Waals surface area contributed by atoms with Crippen LogP contribution in [0.4, 0.5) is 0 Å². The molecule has 2 aromatic heterocycles. The van der Waals surface area contributed by atoms with E-state index in [0.717, 1.165) is 11.1 Å². The summed E-state index contributed by atoms with van der Waals surface area (Å²) in [6.45, 7) is 2.71. The van der Waals surface area contributed by atoms with E-state index in [1.165, 1.54) is 6.07 Å². The second-order valence-electron chi connectivity index (χ2n) is 6.86. The van der Waals surface area contributed by atoms with Gasteiger partial charge in [0.15, 0.2) is 23.0 Å². The van der Waals surface area contributed by atoms with Crippen LogP contribution in [0.3, 0.4) is 0 Å². The summed E-state index contributed by atoms with van der Waals surface area (Å²) in [5.41, 5.74) is 2.59. The number of carbonyl (C=O) groups is 1. The van der Waals surface area contributed by atoms with E-state index < -0.39 is 5.97 Å². The van der Waals surface area contributed by atoms with E-state index in [1.54, 1.807) is 19.2 Å². The van der Waals surface area contributed by atoms with Gasteiger partial charge in [-0.25, -0.2) is 9.78 Å². The van der Waals surface area contributed by atoms with Gasteiger partial charge in [-0.15, -0.1) is 0 Å². The summed E-state index contributed by atoms with van der Waals surface area (Å²) in [5.74, 6) is 0.778. The fourth-order valence-corrected chi connectivity index (χ4v) is 2.95. The zero-order chi connectivity index (χ0) is 22.2. The maximum Gasteiger partial charge on any atom is 0.360 e. The first-order chi connectivity index (χ1) is 15.7. The highest BCUT2D eigenvalue weighted by Crippen LogP contribution is 2.32. The largest absolute Gasteiger partial charge is 0.485 e. The van der Waals surface area contributed by atoms with Gasteiger partial charge in [-0.05, 0) is 18.1 Å². The van der Waals surface area contributed by atoms with Gasteiger partial charge in [-0.3, -0.25) is 0 Å². The highest BCUT2D eigenvalue weighted by atomic mass is 16.5. The first-order valence-electron chi connectivity index (χ1n) is 10.2. The quantitative estimate of drug-likeness (QED) is 0.343. The van der Waals surface area contributed by atoms with Crippen molar-refractivity contribution in [2.24, 2.45) is 0 Å². The van der Waals surface area contributed by atoms with Crippen molar-refractivity contribution >= 4 is 5.97 Å². The lowest BCUT2D eigenvalue weighted by atomic mass is 10.2. The molecule has 7 nitrogen and oxygen atoms in total. The van der Waals surface area contributed by atoms with E-state index in [9.17, 15) is 4.79 Å². The Morgan fingerprint density at radius 2 is 1.50 bits per heavy atom. The predicted octanol–water partition coefficient (Wildman–Crippen LogP) is 5.07. The molecule has 0 N–H and O–H groups in total. The third-order valence-electron chi connectivity index (χ3n) is 4.55. The third kappa shape index (κ3) is 5.31. The standard InChI is InChI=1S/C25H22N2O5/c1-2-29-25(28)21-14-22(32-27-21)20-13-23(30-16-18-9-5-3-6-10-18)24(15-26-20)31-17-19-11-7-4-8-12-19/h3-15H,2,16-17H2,1H3. The maximum absolute atomic E-state index is 11.9. The SMILES string of the molecule is CCOC(=O)c1cc(-c2cc(OCc3ccccc3)c(OCc3ccccc3)cn2)on1. The van der Waals surface area contributed by atoms with E-state index in [4.69, 9.17) is 18.7 Å². The zero-order valence-corrected chi connectivity index (χ0v) is 17.6. The van der Waals surface area contributed by atoms with E-state index >= 15 is 0 Å². The lowest BCUT2D eigenvalue weighted by Gasteiger charge is -2.13. The smallest absolute Gasteiger partial charge is 0.360 e. The number of hydrogen-bond donors (Lipinski definition) is 0. The van der Waals surface area contributed by atoms with E-state index in [2.05, 4.69) is 10.1 Å². The van der Waals surface area contributed by atoms with Crippen molar-refractivity contribution < 1.29 is 23.5 Å². The molecular weight excluding hydrogens is 408 g/mol. The van der Waals surface area contributed by atoms with Crippen LogP contribution in [0, 0.1) is 0 Å². The third-order valence-corrected chi connectivity index (χ3v) is 4.55. The van der Waals surface area contributed by atoms with Gasteiger partial charge in [0, 0.05) is 12.1 Å². The van der Waals surface area contributed by atoms with Crippen molar-refractivity contribution in [1.82, 2.24) is 10.1 Å². The first-order valence-corrected chi connectivity index (χ1v) is 10.2. The number of hydrogen-bond acceptors (Lipinski definition) is 7. The Morgan fingerprint density at radius 1 is 0.875 bits per heavy atom. The molecule has 2 heterocycles. The summed E-state index contributed by atoms with van der Waals surface area (Å²) in [7, 11) is 0. The van der Waals surface area contributed by atoms with Gasteiger partial charge < -0.3 is 18.7 Å². The lowest BCUT2D eigenvalue weighted by Crippen LogP contribution is -2.04. The Balaban J connectivity index is 1.57. The molecule has 4 aromatic rings. The topological polar surface area (TPSA) is 83.7 Å². The number of esters is 1. The van der Waals surface area contributed by atoms with Crippen molar-refractivity contribution in [3.8, 4) is 23.0 Å². The van der Waals surface area contributed by atoms with Crippen molar-refractivity contribution in [2.75, 3.05) is 6.61 Å². The summed E-state index contributed by atoms with van der Waals surface area (Å²) in [6.07, 6.45) is 1.57. The van der Waals surface area contributed by atoms with Crippen LogP contribution in [0.25, 0.3) is 11.5 Å². The monoisotopic (exact) mass is 430 g/mol. The number of ether oxygens (including phenoxy) is 3. The Labute approximate surface area is 185 Å². The number of carbonyl (C=O) groups excluding carboxylic acids is 1. The summed E-state index contributed by atoms with van der Waals surface area (Å²) >= 11 is 0. The fourth-order valence-electron chi connectivity index (χ4n) is 2.95. The van der Waals surface area contributed by atoms with Crippen LogP contribution < -0.4 is 9.47 Å². The molecule has 0 radical (unpaired) electrons. The Morgan fingerprint density at radius 3 is 2.12 bits per heavy atom. The van der Waals surface area contributed by atoms with Crippen LogP contribution in [0.5, 0.6) is 11.5 Å². The molecule has 162 valence electrons. The fraction of sp³-hybridized carbons (Fsp3) is 0.160. The van der Waals surface area contributed by atoms with Crippen LogP contribution >= 0.6 is 0 Å². The first kappa shape index (κ1) is 21.1. The maximum atomic E-state index is 11.9. The number of pyridine rings is 1. The summed E-state index contributed by atoms with van der Waals surface area (Å²) < 4.78 is 22.3. The second kappa shape index (κ2) is 10.3. The molecule has 0 fully saturated rings. The van der Waals surface area contributed by atoms with E-state index in [1.807, 2.05) is 60.7 Å². The van der Waals surface area contributed by atoms with Gasteiger partial charge in [-0.2, -0.15) is 0 Å². The van der Waals surface area contributed by atoms with Gasteiger partial charge >= 0.3 is 5.97 Å². The molecule has 7 heteroatoms. The van der Waals surface area contributed by atoms with Gasteiger partial charge in [0.25, 0.3) is 0 Å². The van der Waals surface area contributed by atoms with Crippen LogP contribution in [0.1, 0.15) is 28.5 Å². The average molecular weight is 430 g/mol. The molecule has 0 unspecified atom stereocenters. The molecule has 0 atom stereocenters. The molecule has 0 saturated carbocycles. The van der Waals surface area contributed by atoms with Gasteiger partial charge in [0.05, 0.1) is 12.8 Å². The molecule has 0 aliphatic rings. The average Bonchev–Trinajstić information content (AvgIpc) is 3.34. The van der Waals surface area contributed by atoms with Gasteiger partial charge in [-0.1, -0.05) is 65.8 Å². The molecule has 0 aliphatic carbocycles. The Kier molecular flexibility index (Phi) is 6.77. The minimum Gasteiger partial charge on any atom is -0.485 e. The van der Waals surface area contributed by atoms with Crippen LogP contribution in [0.2, 0.25) is 0 Å². The summed E-state index contributed by atoms with van der Waals surface area (Å²) in [4.78, 5) is 16.3. The number of benzene rings is 2. The molecule has 0 spiro atoms. The molecule has 0 bridgehead atoms. The summed E-state index contributed by atoms with van der Waals surface area (Å²) in [6, 6.07) is 22.9. The van der Waals surface area contributed by atoms with Crippen molar-refractivity contribution in [1.29, 1.82) is 0 Å². The molecule has 32 heavy (non-hydrogen) atoms. The minimum absolute atomic E-state index is 0.0832.